The second-order valence-corrected chi connectivity index (χ2v) is 7.44. The zero-order valence-corrected chi connectivity index (χ0v) is 16.7. The van der Waals surface area contributed by atoms with Gasteiger partial charge in [-0.05, 0) is 31.6 Å². The van der Waals surface area contributed by atoms with Crippen LogP contribution in [-0.4, -0.2) is 41.4 Å². The van der Waals surface area contributed by atoms with Gasteiger partial charge in [0.25, 0.3) is 0 Å². The van der Waals surface area contributed by atoms with Crippen LogP contribution in [0.4, 0.5) is 4.39 Å². The van der Waals surface area contributed by atoms with Gasteiger partial charge < -0.3 is 4.40 Å². The summed E-state index contributed by atoms with van der Waals surface area (Å²) in [7, 11) is 0. The summed E-state index contributed by atoms with van der Waals surface area (Å²) in [5, 5.41) is 4.65. The largest absolute Gasteiger partial charge is 0.303 e. The maximum atomic E-state index is 14.2. The Morgan fingerprint density at radius 1 is 1.13 bits per heavy atom. The van der Waals surface area contributed by atoms with E-state index in [-0.39, 0.29) is 5.82 Å². The summed E-state index contributed by atoms with van der Waals surface area (Å²) in [6, 6.07) is 6.71. The average Bonchev–Trinajstić information content (AvgIpc) is 3.45. The number of fused-ring (bicyclic) bond motifs is 1. The molecule has 1 aliphatic heterocycles. The second-order valence-electron chi connectivity index (χ2n) is 7.44. The number of allylic oxidation sites excluding steroid dienone is 1. The lowest BCUT2D eigenvalue weighted by atomic mass is 10.1. The first-order valence-electron chi connectivity index (χ1n) is 9.75. The molecule has 30 heavy (non-hydrogen) atoms. The van der Waals surface area contributed by atoms with Crippen LogP contribution in [0.1, 0.15) is 24.0 Å². The summed E-state index contributed by atoms with van der Waals surface area (Å²) >= 11 is 0. The predicted octanol–water partition coefficient (Wildman–Crippen LogP) is 3.43. The number of halogens is 1. The molecule has 4 heterocycles. The average molecular weight is 401 g/mol. The minimum absolute atomic E-state index is 0.256. The molecule has 0 unspecified atom stereocenters. The van der Waals surface area contributed by atoms with Gasteiger partial charge in [-0.25, -0.2) is 24.0 Å². The molecule has 0 N–H and O–H groups in total. The Kier molecular flexibility index (Phi) is 4.46. The van der Waals surface area contributed by atoms with E-state index in [2.05, 4.69) is 33.1 Å². The molecular formula is C22H20FN7. The van der Waals surface area contributed by atoms with Gasteiger partial charge in [0.2, 0.25) is 5.82 Å². The van der Waals surface area contributed by atoms with Crippen molar-refractivity contribution in [1.29, 1.82) is 0 Å². The Bertz CT molecular complexity index is 1310. The maximum Gasteiger partial charge on any atom is 0.201 e. The van der Waals surface area contributed by atoms with Crippen molar-refractivity contribution in [3.8, 4) is 11.5 Å². The van der Waals surface area contributed by atoms with E-state index in [0.717, 1.165) is 18.1 Å². The Hall–Kier alpha value is -3.68. The molecule has 0 saturated heterocycles. The van der Waals surface area contributed by atoms with Crippen molar-refractivity contribution in [3.05, 3.63) is 77.4 Å². The van der Waals surface area contributed by atoms with Gasteiger partial charge in [-0.3, -0.25) is 4.99 Å². The third kappa shape index (κ3) is 3.41. The maximum absolute atomic E-state index is 14.2. The highest BCUT2D eigenvalue weighted by molar-refractivity contribution is 5.97. The van der Waals surface area contributed by atoms with Crippen LogP contribution < -0.4 is 0 Å². The Balaban J connectivity index is 1.52. The van der Waals surface area contributed by atoms with Gasteiger partial charge >= 0.3 is 0 Å². The third-order valence-electron chi connectivity index (χ3n) is 5.10. The number of aliphatic imine (C=N–C) groups is 1. The lowest BCUT2D eigenvalue weighted by Gasteiger charge is -2.07. The van der Waals surface area contributed by atoms with Gasteiger partial charge in [0.1, 0.15) is 17.3 Å². The first-order valence-corrected chi connectivity index (χ1v) is 9.75. The number of benzene rings is 1. The van der Waals surface area contributed by atoms with Crippen molar-refractivity contribution < 1.29 is 4.39 Å². The fraction of sp³-hybridized carbons (Fsp3) is 0.227. The summed E-state index contributed by atoms with van der Waals surface area (Å²) in [5.41, 5.74) is 4.80. The van der Waals surface area contributed by atoms with Crippen molar-refractivity contribution in [2.24, 2.45) is 4.99 Å². The van der Waals surface area contributed by atoms with Crippen LogP contribution in [0.3, 0.4) is 0 Å². The number of imidazole rings is 1. The predicted molar refractivity (Wildman–Crippen MR) is 112 cm³/mol. The minimum atomic E-state index is -0.256. The number of rotatable bonds is 5. The molecule has 0 radical (unpaired) electrons. The molecule has 5 rings (SSSR count). The Labute approximate surface area is 172 Å². The molecule has 1 aliphatic rings. The second kappa shape index (κ2) is 7.29. The van der Waals surface area contributed by atoms with E-state index in [1.165, 1.54) is 11.6 Å². The van der Waals surface area contributed by atoms with Gasteiger partial charge in [0.15, 0.2) is 5.65 Å². The van der Waals surface area contributed by atoms with E-state index in [4.69, 9.17) is 4.98 Å². The molecule has 0 atom stereocenters. The van der Waals surface area contributed by atoms with Gasteiger partial charge in [0, 0.05) is 25.0 Å². The third-order valence-corrected chi connectivity index (χ3v) is 5.10. The number of nitrogens with zero attached hydrogens (tertiary/aromatic N) is 7. The number of aromatic nitrogens is 6. The highest BCUT2D eigenvalue weighted by atomic mass is 19.1. The van der Waals surface area contributed by atoms with Crippen LogP contribution in [0, 0.1) is 12.7 Å². The summed E-state index contributed by atoms with van der Waals surface area (Å²) < 4.78 is 17.9. The number of hydrogen-bond acceptors (Lipinski definition) is 5. The molecule has 0 fully saturated rings. The zero-order valence-electron chi connectivity index (χ0n) is 16.7. The molecule has 7 nitrogen and oxygen atoms in total. The molecule has 0 amide bonds. The van der Waals surface area contributed by atoms with Crippen LogP contribution >= 0.6 is 0 Å². The normalized spacial score (nSPS) is 13.7. The van der Waals surface area contributed by atoms with E-state index in [9.17, 15) is 4.39 Å². The highest BCUT2D eigenvalue weighted by Gasteiger charge is 2.16. The van der Waals surface area contributed by atoms with Crippen molar-refractivity contribution in [2.45, 2.75) is 26.8 Å². The molecule has 0 bridgehead atoms. The number of aryl methyl sites for hydroxylation is 1. The van der Waals surface area contributed by atoms with Crippen molar-refractivity contribution in [2.75, 3.05) is 6.54 Å². The molecule has 0 saturated carbocycles. The van der Waals surface area contributed by atoms with E-state index in [1.54, 1.807) is 18.3 Å². The van der Waals surface area contributed by atoms with E-state index < -0.39 is 0 Å². The quantitative estimate of drug-likeness (QED) is 0.514. The van der Waals surface area contributed by atoms with Crippen molar-refractivity contribution in [1.82, 2.24) is 29.1 Å². The van der Waals surface area contributed by atoms with Crippen LogP contribution in [0.15, 0.2) is 59.5 Å². The topological polar surface area (TPSA) is 73.3 Å². The zero-order chi connectivity index (χ0) is 20.7. The van der Waals surface area contributed by atoms with Crippen LogP contribution in [0.2, 0.25) is 0 Å². The summed E-state index contributed by atoms with van der Waals surface area (Å²) in [4.78, 5) is 18.2. The standard InChI is InChI=1S/C22H20FN7/c1-14-9-17(25-11-14)12-30-15(2)26-21(28-30)20-13-29-8-7-24-22(29)19(27-20)10-16-5-3-4-6-18(16)23/h3-9,13H,10-12H2,1-2H3. The summed E-state index contributed by atoms with van der Waals surface area (Å²) in [5.74, 6) is 1.05. The van der Waals surface area contributed by atoms with Crippen molar-refractivity contribution >= 4 is 11.4 Å². The van der Waals surface area contributed by atoms with Crippen LogP contribution in [0.25, 0.3) is 17.2 Å². The first-order chi connectivity index (χ1) is 14.6. The summed E-state index contributed by atoms with van der Waals surface area (Å²) in [6.45, 7) is 5.30. The molecular weight excluding hydrogens is 381 g/mol. The van der Waals surface area contributed by atoms with Gasteiger partial charge in [0.05, 0.1) is 24.5 Å². The lowest BCUT2D eigenvalue weighted by Crippen LogP contribution is -2.10. The monoisotopic (exact) mass is 401 g/mol. The lowest BCUT2D eigenvalue weighted by molar-refractivity contribution is 0.613. The molecule has 1 aromatic carbocycles. The smallest absolute Gasteiger partial charge is 0.201 e. The van der Waals surface area contributed by atoms with Crippen LogP contribution in [-0.2, 0) is 13.0 Å². The SMILES string of the molecule is CC1=CC(Cn2nc(-c3cn4ccnc4c(Cc4ccccc4F)n3)nc2C)=NC1. The highest BCUT2D eigenvalue weighted by Crippen LogP contribution is 2.20. The molecule has 8 heteroatoms. The Morgan fingerprint density at radius 2 is 2.00 bits per heavy atom. The molecule has 4 aromatic rings. The molecule has 3 aromatic heterocycles. The van der Waals surface area contributed by atoms with Gasteiger partial charge in [-0.15, -0.1) is 5.10 Å². The molecule has 150 valence electrons. The molecule has 0 spiro atoms. The van der Waals surface area contributed by atoms with Gasteiger partial charge in [-0.2, -0.15) is 0 Å². The molecule has 0 aliphatic carbocycles. The van der Waals surface area contributed by atoms with E-state index >= 15 is 0 Å². The van der Waals surface area contributed by atoms with E-state index in [0.29, 0.717) is 41.4 Å². The Morgan fingerprint density at radius 3 is 2.80 bits per heavy atom. The first kappa shape index (κ1) is 18.4. The number of hydrogen-bond donors (Lipinski definition) is 0. The minimum Gasteiger partial charge on any atom is -0.303 e. The van der Waals surface area contributed by atoms with Gasteiger partial charge in [-0.1, -0.05) is 23.8 Å². The fourth-order valence-electron chi connectivity index (χ4n) is 3.57. The van der Waals surface area contributed by atoms with Crippen LogP contribution in [0.5, 0.6) is 0 Å². The van der Waals surface area contributed by atoms with Crippen molar-refractivity contribution in [3.63, 3.8) is 0 Å². The fourth-order valence-corrected chi connectivity index (χ4v) is 3.57. The van der Waals surface area contributed by atoms with E-state index in [1.807, 2.05) is 34.5 Å². The summed E-state index contributed by atoms with van der Waals surface area (Å²) in [6.07, 6.45) is 7.82.